The van der Waals surface area contributed by atoms with Crippen LogP contribution in [0, 0.1) is 5.82 Å². The van der Waals surface area contributed by atoms with E-state index in [1.807, 2.05) is 13.8 Å². The molecule has 0 aliphatic carbocycles. The average molecular weight is 256 g/mol. The molecule has 3 nitrogen and oxygen atoms in total. The molecule has 1 unspecified atom stereocenters. The molecule has 0 spiro atoms. The van der Waals surface area contributed by atoms with E-state index in [4.69, 9.17) is 9.47 Å². The summed E-state index contributed by atoms with van der Waals surface area (Å²) in [7, 11) is 3.02. The van der Waals surface area contributed by atoms with E-state index in [9.17, 15) is 9.50 Å². The third-order valence-electron chi connectivity index (χ3n) is 3.00. The summed E-state index contributed by atoms with van der Waals surface area (Å²) >= 11 is 0. The number of aliphatic hydroxyl groups is 1. The predicted octanol–water partition coefficient (Wildman–Crippen LogP) is 2.55. The van der Waals surface area contributed by atoms with Gasteiger partial charge in [-0.05, 0) is 25.5 Å². The first-order valence-electron chi connectivity index (χ1n) is 5.94. The number of hydrogen-bond donors (Lipinski definition) is 1. The minimum atomic E-state index is -0.651. The van der Waals surface area contributed by atoms with Gasteiger partial charge in [0.2, 0.25) is 0 Å². The van der Waals surface area contributed by atoms with Crippen LogP contribution in [0.5, 0.6) is 5.75 Å². The van der Waals surface area contributed by atoms with Crippen LogP contribution >= 0.6 is 0 Å². The monoisotopic (exact) mass is 256 g/mol. The summed E-state index contributed by atoms with van der Waals surface area (Å²) in [6.07, 6.45) is 0.0391. The Balaban J connectivity index is 2.73. The predicted molar refractivity (Wildman–Crippen MR) is 68.4 cm³/mol. The maximum atomic E-state index is 13.9. The first-order valence-corrected chi connectivity index (χ1v) is 5.94. The lowest BCUT2D eigenvalue weighted by Crippen LogP contribution is -2.30. The number of ether oxygens (including phenoxy) is 2. The fourth-order valence-electron chi connectivity index (χ4n) is 1.85. The third-order valence-corrected chi connectivity index (χ3v) is 3.00. The summed E-state index contributed by atoms with van der Waals surface area (Å²) in [5.41, 5.74) is 0.0307. The maximum absolute atomic E-state index is 13.9. The summed E-state index contributed by atoms with van der Waals surface area (Å²) in [6.45, 7) is 3.77. The van der Waals surface area contributed by atoms with E-state index in [1.54, 1.807) is 25.3 Å². The Morgan fingerprint density at radius 1 is 1.33 bits per heavy atom. The molecule has 4 heteroatoms. The number of hydrogen-bond acceptors (Lipinski definition) is 3. The van der Waals surface area contributed by atoms with Crippen LogP contribution in [-0.2, 0) is 11.2 Å². The molecule has 0 radical (unpaired) electrons. The van der Waals surface area contributed by atoms with Crippen molar-refractivity contribution in [3.63, 3.8) is 0 Å². The van der Waals surface area contributed by atoms with E-state index >= 15 is 0 Å². The van der Waals surface area contributed by atoms with E-state index in [0.717, 1.165) is 0 Å². The maximum Gasteiger partial charge on any atom is 0.168 e. The smallest absolute Gasteiger partial charge is 0.168 e. The van der Waals surface area contributed by atoms with Crippen LogP contribution in [0.3, 0.4) is 0 Å². The normalized spacial score (nSPS) is 13.4. The van der Waals surface area contributed by atoms with Gasteiger partial charge in [0.15, 0.2) is 11.6 Å². The van der Waals surface area contributed by atoms with E-state index < -0.39 is 17.5 Å². The standard InChI is InChI=1S/C14H21FO3/c1-14(2,18-4)9-11(16)8-10-6-5-7-12(17-3)13(10)15/h5-7,11,16H,8-9H2,1-4H3. The molecule has 0 bridgehead atoms. The lowest BCUT2D eigenvalue weighted by atomic mass is 9.96. The Hall–Kier alpha value is -1.13. The second-order valence-corrected chi connectivity index (χ2v) is 4.96. The summed E-state index contributed by atoms with van der Waals surface area (Å²) in [5, 5.41) is 9.97. The van der Waals surface area contributed by atoms with Crippen molar-refractivity contribution in [1.82, 2.24) is 0 Å². The van der Waals surface area contributed by atoms with Crippen molar-refractivity contribution in [3.8, 4) is 5.75 Å². The Labute approximate surface area is 108 Å². The Morgan fingerprint density at radius 3 is 2.56 bits per heavy atom. The van der Waals surface area contributed by atoms with Gasteiger partial charge in [0.25, 0.3) is 0 Å². The molecule has 0 aromatic heterocycles. The molecule has 0 aliphatic rings. The molecule has 0 saturated heterocycles. The highest BCUT2D eigenvalue weighted by molar-refractivity contribution is 5.31. The molecular formula is C14H21FO3. The molecule has 0 fully saturated rings. The van der Waals surface area contributed by atoms with E-state index in [1.165, 1.54) is 7.11 Å². The summed E-state index contributed by atoms with van der Waals surface area (Å²) in [4.78, 5) is 0. The Bertz CT molecular complexity index is 391. The molecule has 0 heterocycles. The number of methoxy groups -OCH3 is 2. The van der Waals surface area contributed by atoms with Gasteiger partial charge in [0.05, 0.1) is 18.8 Å². The van der Waals surface area contributed by atoms with Gasteiger partial charge in [-0.2, -0.15) is 0 Å². The minimum Gasteiger partial charge on any atom is -0.494 e. The van der Waals surface area contributed by atoms with Crippen LogP contribution in [0.15, 0.2) is 18.2 Å². The molecule has 1 N–H and O–H groups in total. The van der Waals surface area contributed by atoms with Gasteiger partial charge in [-0.25, -0.2) is 4.39 Å². The number of halogens is 1. The second kappa shape index (κ2) is 6.16. The lowest BCUT2D eigenvalue weighted by Gasteiger charge is -2.26. The van der Waals surface area contributed by atoms with E-state index in [-0.39, 0.29) is 12.2 Å². The van der Waals surface area contributed by atoms with Crippen molar-refractivity contribution in [3.05, 3.63) is 29.6 Å². The zero-order chi connectivity index (χ0) is 13.8. The fourth-order valence-corrected chi connectivity index (χ4v) is 1.85. The molecule has 1 aromatic carbocycles. The fraction of sp³-hybridized carbons (Fsp3) is 0.571. The van der Waals surface area contributed by atoms with Crippen LogP contribution in [0.2, 0.25) is 0 Å². The van der Waals surface area contributed by atoms with Gasteiger partial charge >= 0.3 is 0 Å². The molecule has 1 rings (SSSR count). The molecule has 18 heavy (non-hydrogen) atoms. The van der Waals surface area contributed by atoms with Gasteiger partial charge in [0, 0.05) is 20.0 Å². The van der Waals surface area contributed by atoms with Crippen molar-refractivity contribution in [2.75, 3.05) is 14.2 Å². The number of rotatable bonds is 6. The second-order valence-electron chi connectivity index (χ2n) is 4.96. The summed E-state index contributed by atoms with van der Waals surface area (Å²) < 4.78 is 24.0. The summed E-state index contributed by atoms with van der Waals surface area (Å²) in [5.74, 6) is -0.208. The zero-order valence-electron chi connectivity index (χ0n) is 11.4. The molecule has 0 aliphatic heterocycles. The largest absolute Gasteiger partial charge is 0.494 e. The SMILES string of the molecule is COc1cccc(CC(O)CC(C)(C)OC)c1F. The highest BCUT2D eigenvalue weighted by Gasteiger charge is 2.22. The highest BCUT2D eigenvalue weighted by atomic mass is 19.1. The Kier molecular flexibility index (Phi) is 5.11. The van der Waals surface area contributed by atoms with E-state index in [0.29, 0.717) is 12.0 Å². The third kappa shape index (κ3) is 3.96. The van der Waals surface area contributed by atoms with Crippen LogP contribution in [0.25, 0.3) is 0 Å². The van der Waals surface area contributed by atoms with Crippen LogP contribution in [0.1, 0.15) is 25.8 Å². The van der Waals surface area contributed by atoms with Gasteiger partial charge in [-0.1, -0.05) is 12.1 Å². The number of aliphatic hydroxyl groups excluding tert-OH is 1. The van der Waals surface area contributed by atoms with Crippen LogP contribution in [0.4, 0.5) is 4.39 Å². The quantitative estimate of drug-likeness (QED) is 0.850. The molecule has 1 aromatic rings. The molecule has 1 atom stereocenters. The van der Waals surface area contributed by atoms with Crippen molar-refractivity contribution in [2.45, 2.75) is 38.4 Å². The molecule has 0 amide bonds. The summed E-state index contributed by atoms with van der Waals surface area (Å²) in [6, 6.07) is 4.93. The lowest BCUT2D eigenvalue weighted by molar-refractivity contribution is -0.0192. The van der Waals surface area contributed by atoms with Crippen LogP contribution < -0.4 is 4.74 Å². The molecule has 102 valence electrons. The van der Waals surface area contributed by atoms with Crippen LogP contribution in [-0.4, -0.2) is 31.0 Å². The topological polar surface area (TPSA) is 38.7 Å². The van der Waals surface area contributed by atoms with E-state index in [2.05, 4.69) is 0 Å². The van der Waals surface area contributed by atoms with Gasteiger partial charge in [-0.15, -0.1) is 0 Å². The van der Waals surface area contributed by atoms with Crippen molar-refractivity contribution >= 4 is 0 Å². The van der Waals surface area contributed by atoms with Crippen molar-refractivity contribution < 1.29 is 19.0 Å². The highest BCUT2D eigenvalue weighted by Crippen LogP contribution is 2.23. The van der Waals surface area contributed by atoms with Gasteiger partial charge < -0.3 is 14.6 Å². The zero-order valence-corrected chi connectivity index (χ0v) is 11.4. The minimum absolute atomic E-state index is 0.200. The number of benzene rings is 1. The first kappa shape index (κ1) is 14.9. The first-order chi connectivity index (χ1) is 8.39. The van der Waals surface area contributed by atoms with Crippen molar-refractivity contribution in [2.24, 2.45) is 0 Å². The van der Waals surface area contributed by atoms with Gasteiger partial charge in [-0.3, -0.25) is 0 Å². The molecular weight excluding hydrogens is 235 g/mol. The average Bonchev–Trinajstić information content (AvgIpc) is 2.31. The van der Waals surface area contributed by atoms with Gasteiger partial charge in [0.1, 0.15) is 0 Å². The Morgan fingerprint density at radius 2 is 2.00 bits per heavy atom. The molecule has 0 saturated carbocycles. The van der Waals surface area contributed by atoms with Crippen molar-refractivity contribution in [1.29, 1.82) is 0 Å².